The van der Waals surface area contributed by atoms with Crippen LogP contribution in [0.3, 0.4) is 0 Å². The highest BCUT2D eigenvalue weighted by Gasteiger charge is 2.27. The zero-order valence-electron chi connectivity index (χ0n) is 17.4. The van der Waals surface area contributed by atoms with Crippen molar-refractivity contribution in [3.63, 3.8) is 0 Å². The van der Waals surface area contributed by atoms with Crippen molar-refractivity contribution in [2.24, 2.45) is 0 Å². The lowest BCUT2D eigenvalue weighted by Gasteiger charge is -2.17. The normalized spacial score (nSPS) is 13.5. The summed E-state index contributed by atoms with van der Waals surface area (Å²) in [7, 11) is 1.75. The van der Waals surface area contributed by atoms with Gasteiger partial charge in [0.2, 0.25) is 0 Å². The van der Waals surface area contributed by atoms with Crippen molar-refractivity contribution in [2.75, 3.05) is 7.05 Å². The lowest BCUT2D eigenvalue weighted by molar-refractivity contribution is 0.625. The highest BCUT2D eigenvalue weighted by Crippen LogP contribution is 2.44. The summed E-state index contributed by atoms with van der Waals surface area (Å²) in [6.07, 6.45) is 2.25. The predicted molar refractivity (Wildman–Crippen MR) is 124 cm³/mol. The van der Waals surface area contributed by atoms with Crippen molar-refractivity contribution in [3.8, 4) is 16.8 Å². The Morgan fingerprint density at radius 2 is 1.94 bits per heavy atom. The van der Waals surface area contributed by atoms with Crippen LogP contribution in [-0.4, -0.2) is 22.0 Å². The molecule has 1 fully saturated rings. The van der Waals surface area contributed by atoms with E-state index < -0.39 is 0 Å². The molecule has 3 aromatic carbocycles. The quantitative estimate of drug-likeness (QED) is 0.405. The molecular weight excluding hydrogens is 411 g/mol. The molecule has 4 aromatic rings. The van der Waals surface area contributed by atoms with Crippen LogP contribution in [0.25, 0.3) is 33.5 Å². The van der Waals surface area contributed by atoms with Crippen LogP contribution in [0, 0.1) is 12.7 Å². The average molecular weight is 433 g/mol. The monoisotopic (exact) mass is 432 g/mol. The summed E-state index contributed by atoms with van der Waals surface area (Å²) >= 11 is 6.62. The maximum absolute atomic E-state index is 15.7. The molecule has 1 aliphatic carbocycles. The second-order valence-electron chi connectivity index (χ2n) is 8.02. The number of fused-ring (bicyclic) bond motifs is 1. The van der Waals surface area contributed by atoms with Crippen molar-refractivity contribution in [2.45, 2.75) is 25.7 Å². The first-order valence-corrected chi connectivity index (χ1v) is 10.7. The molecule has 156 valence electrons. The van der Waals surface area contributed by atoms with E-state index >= 15 is 4.39 Å². The lowest BCUT2D eigenvalue weighted by Crippen LogP contribution is -2.07. The van der Waals surface area contributed by atoms with Gasteiger partial charge in [-0.25, -0.2) is 9.07 Å². The summed E-state index contributed by atoms with van der Waals surface area (Å²) in [4.78, 5) is 0. The van der Waals surface area contributed by atoms with E-state index in [-0.39, 0.29) is 5.82 Å². The molecule has 1 saturated carbocycles. The topological polar surface area (TPSA) is 42.7 Å². The van der Waals surface area contributed by atoms with E-state index in [9.17, 15) is 0 Å². The summed E-state index contributed by atoms with van der Waals surface area (Å²) in [5.41, 5.74) is 6.67. The number of nitrogens with zero attached hydrogens (tertiary/aromatic N) is 3. The van der Waals surface area contributed by atoms with Gasteiger partial charge in [-0.15, -0.1) is 5.10 Å². The van der Waals surface area contributed by atoms with Gasteiger partial charge in [0, 0.05) is 28.9 Å². The van der Waals surface area contributed by atoms with Crippen molar-refractivity contribution in [3.05, 3.63) is 82.6 Å². The van der Waals surface area contributed by atoms with Crippen molar-refractivity contribution in [1.29, 1.82) is 0 Å². The fourth-order valence-electron chi connectivity index (χ4n) is 3.98. The molecule has 0 radical (unpaired) electrons. The van der Waals surface area contributed by atoms with Crippen LogP contribution >= 0.6 is 11.6 Å². The van der Waals surface area contributed by atoms with Crippen LogP contribution in [-0.2, 0) is 0 Å². The van der Waals surface area contributed by atoms with Gasteiger partial charge in [-0.1, -0.05) is 35.5 Å². The fraction of sp³-hybridized carbons (Fsp3) is 0.200. The molecule has 0 bridgehead atoms. The van der Waals surface area contributed by atoms with E-state index in [1.165, 1.54) is 0 Å². The number of para-hydroxylation sites is 1. The Morgan fingerprint density at radius 3 is 2.68 bits per heavy atom. The third-order valence-corrected chi connectivity index (χ3v) is 6.38. The zero-order valence-corrected chi connectivity index (χ0v) is 18.2. The SMILES string of the molecule is C=C(NC)c1cc(C2CC2)cc(-c2cc(-n3nnc4ccccc43)cc(Cl)c2C)c1F. The Hall–Kier alpha value is -3.18. The summed E-state index contributed by atoms with van der Waals surface area (Å²) in [6, 6.07) is 15.4. The Bertz CT molecular complexity index is 1340. The molecule has 5 rings (SSSR count). The highest BCUT2D eigenvalue weighted by molar-refractivity contribution is 6.32. The van der Waals surface area contributed by atoms with Crippen LogP contribution in [0.5, 0.6) is 0 Å². The average Bonchev–Trinajstić information content (AvgIpc) is 3.54. The van der Waals surface area contributed by atoms with Gasteiger partial charge < -0.3 is 5.32 Å². The van der Waals surface area contributed by atoms with Gasteiger partial charge >= 0.3 is 0 Å². The van der Waals surface area contributed by atoms with E-state index in [1.54, 1.807) is 11.7 Å². The molecule has 31 heavy (non-hydrogen) atoms. The number of aromatic nitrogens is 3. The second kappa shape index (κ2) is 7.50. The third-order valence-electron chi connectivity index (χ3n) is 5.99. The molecule has 1 aromatic heterocycles. The number of hydrogen-bond donors (Lipinski definition) is 1. The minimum atomic E-state index is -0.302. The van der Waals surface area contributed by atoms with Crippen molar-refractivity contribution < 1.29 is 4.39 Å². The standard InChI is InChI=1S/C25H22ClFN4/c1-14-19(21-11-17(16-8-9-16)10-20(25(21)27)15(2)28-3)12-18(13-22(14)26)31-24-7-5-4-6-23(24)29-30-31/h4-7,10-13,16,28H,2,8-9H2,1,3H3. The molecular formula is C25H22ClFN4. The van der Waals surface area contributed by atoms with Crippen molar-refractivity contribution in [1.82, 2.24) is 20.3 Å². The molecule has 6 heteroatoms. The Balaban J connectivity index is 1.74. The van der Waals surface area contributed by atoms with E-state index in [0.29, 0.717) is 27.8 Å². The lowest BCUT2D eigenvalue weighted by atomic mass is 9.93. The molecule has 1 N–H and O–H groups in total. The maximum Gasteiger partial charge on any atom is 0.140 e. The summed E-state index contributed by atoms with van der Waals surface area (Å²) < 4.78 is 17.5. The fourth-order valence-corrected chi connectivity index (χ4v) is 4.19. The molecule has 1 aliphatic rings. The number of hydrogen-bond acceptors (Lipinski definition) is 3. The molecule has 0 saturated heterocycles. The van der Waals surface area contributed by atoms with Gasteiger partial charge in [0.25, 0.3) is 0 Å². The number of benzene rings is 3. The number of halogens is 2. The first-order chi connectivity index (χ1) is 15.0. The third kappa shape index (κ3) is 3.39. The summed E-state index contributed by atoms with van der Waals surface area (Å²) in [6.45, 7) is 5.91. The summed E-state index contributed by atoms with van der Waals surface area (Å²) in [5.74, 6) is 0.171. The second-order valence-corrected chi connectivity index (χ2v) is 8.43. The smallest absolute Gasteiger partial charge is 0.140 e. The van der Waals surface area contributed by atoms with E-state index in [2.05, 4.69) is 22.2 Å². The highest BCUT2D eigenvalue weighted by atomic mass is 35.5. The Morgan fingerprint density at radius 1 is 1.16 bits per heavy atom. The summed E-state index contributed by atoms with van der Waals surface area (Å²) in [5, 5.41) is 12.1. The van der Waals surface area contributed by atoms with Gasteiger partial charge in [0.1, 0.15) is 11.3 Å². The first-order valence-electron chi connectivity index (χ1n) is 10.3. The number of nitrogens with one attached hydrogen (secondary N) is 1. The van der Waals surface area contributed by atoms with Crippen LogP contribution in [0.1, 0.15) is 35.4 Å². The van der Waals surface area contributed by atoms with E-state index in [1.807, 2.05) is 55.5 Å². The van der Waals surface area contributed by atoms with Gasteiger partial charge in [-0.05, 0) is 78.8 Å². The van der Waals surface area contributed by atoms with E-state index in [4.69, 9.17) is 11.6 Å². The zero-order chi connectivity index (χ0) is 21.7. The minimum Gasteiger partial charge on any atom is -0.388 e. The molecule has 1 heterocycles. The van der Waals surface area contributed by atoms with E-state index in [0.717, 1.165) is 46.3 Å². The van der Waals surface area contributed by atoms with Gasteiger partial charge in [0.05, 0.1) is 11.2 Å². The Kier molecular flexibility index (Phi) is 4.78. The molecule has 0 atom stereocenters. The van der Waals surface area contributed by atoms with Gasteiger partial charge in [0.15, 0.2) is 0 Å². The first kappa shape index (κ1) is 19.8. The number of rotatable bonds is 5. The van der Waals surface area contributed by atoms with Crippen LogP contribution in [0.4, 0.5) is 4.39 Å². The predicted octanol–water partition coefficient (Wildman–Crippen LogP) is 6.26. The Labute approximate surface area is 185 Å². The van der Waals surface area contributed by atoms with Crippen LogP contribution < -0.4 is 5.32 Å². The van der Waals surface area contributed by atoms with Gasteiger partial charge in [-0.3, -0.25) is 0 Å². The molecule has 0 spiro atoms. The van der Waals surface area contributed by atoms with Gasteiger partial charge in [-0.2, -0.15) is 0 Å². The molecule has 0 aliphatic heterocycles. The molecule has 0 amide bonds. The molecule has 4 nitrogen and oxygen atoms in total. The van der Waals surface area contributed by atoms with Crippen LogP contribution in [0.15, 0.2) is 55.1 Å². The minimum absolute atomic E-state index is 0.302. The molecule has 0 unspecified atom stereocenters. The van der Waals surface area contributed by atoms with Crippen LogP contribution in [0.2, 0.25) is 5.02 Å². The maximum atomic E-state index is 15.7. The van der Waals surface area contributed by atoms with Crippen molar-refractivity contribution >= 4 is 28.3 Å². The largest absolute Gasteiger partial charge is 0.388 e.